The molecule has 2 heterocycles. The van der Waals surface area contributed by atoms with E-state index in [0.29, 0.717) is 24.8 Å². The lowest BCUT2D eigenvalue weighted by molar-refractivity contribution is -0.121. The number of aromatic nitrogens is 1. The molecular formula is C14H18N2O2S. The highest BCUT2D eigenvalue weighted by Gasteiger charge is 2.09. The van der Waals surface area contributed by atoms with Crippen molar-refractivity contribution in [2.45, 2.75) is 33.2 Å². The first-order valence-corrected chi connectivity index (χ1v) is 7.28. The fourth-order valence-electron chi connectivity index (χ4n) is 1.60. The third-order valence-electron chi connectivity index (χ3n) is 2.70. The van der Waals surface area contributed by atoms with Gasteiger partial charge in [-0.25, -0.2) is 4.98 Å². The van der Waals surface area contributed by atoms with Crippen LogP contribution in [0.4, 0.5) is 0 Å². The summed E-state index contributed by atoms with van der Waals surface area (Å²) in [4.78, 5) is 16.9. The maximum absolute atomic E-state index is 11.6. The van der Waals surface area contributed by atoms with Crippen molar-refractivity contribution >= 4 is 17.2 Å². The minimum absolute atomic E-state index is 0.0642. The number of thiophene rings is 1. The van der Waals surface area contributed by atoms with Crippen molar-refractivity contribution in [1.82, 2.24) is 10.3 Å². The summed E-state index contributed by atoms with van der Waals surface area (Å²) >= 11 is 1.58. The number of carbonyl (C=O) groups is 1. The van der Waals surface area contributed by atoms with Crippen molar-refractivity contribution in [3.05, 3.63) is 29.5 Å². The minimum Gasteiger partial charge on any atom is -0.443 e. The van der Waals surface area contributed by atoms with Crippen molar-refractivity contribution in [3.63, 3.8) is 0 Å². The first kappa shape index (κ1) is 13.8. The second kappa shape index (κ2) is 6.52. The van der Waals surface area contributed by atoms with Gasteiger partial charge in [0.15, 0.2) is 0 Å². The molecule has 2 aromatic heterocycles. The van der Waals surface area contributed by atoms with Gasteiger partial charge >= 0.3 is 0 Å². The Morgan fingerprint density at radius 2 is 2.37 bits per heavy atom. The Morgan fingerprint density at radius 1 is 1.53 bits per heavy atom. The Hall–Kier alpha value is -1.62. The van der Waals surface area contributed by atoms with E-state index in [1.807, 2.05) is 17.5 Å². The van der Waals surface area contributed by atoms with Crippen molar-refractivity contribution in [2.75, 3.05) is 0 Å². The highest BCUT2D eigenvalue weighted by Crippen LogP contribution is 2.23. The Morgan fingerprint density at radius 3 is 3.05 bits per heavy atom. The molecule has 2 aromatic rings. The van der Waals surface area contributed by atoms with Crippen LogP contribution >= 0.6 is 11.3 Å². The molecule has 0 saturated carbocycles. The summed E-state index contributed by atoms with van der Waals surface area (Å²) in [6, 6.07) is 3.92. The summed E-state index contributed by atoms with van der Waals surface area (Å²) in [5.41, 5.74) is 0.751. The van der Waals surface area contributed by atoms with Gasteiger partial charge in [0.1, 0.15) is 6.26 Å². The number of oxazole rings is 1. The Kier molecular flexibility index (Phi) is 4.74. The second-order valence-corrected chi connectivity index (χ2v) is 5.78. The van der Waals surface area contributed by atoms with Crippen LogP contribution in [-0.4, -0.2) is 10.9 Å². The number of hydrogen-bond donors (Lipinski definition) is 1. The predicted molar refractivity (Wildman–Crippen MR) is 75.7 cm³/mol. The zero-order valence-corrected chi connectivity index (χ0v) is 12.0. The summed E-state index contributed by atoms with van der Waals surface area (Å²) in [6.45, 7) is 4.64. The van der Waals surface area contributed by atoms with Crippen LogP contribution in [0.25, 0.3) is 10.8 Å². The number of nitrogens with one attached hydrogen (secondary N) is 1. The zero-order chi connectivity index (χ0) is 13.7. The van der Waals surface area contributed by atoms with Gasteiger partial charge in [0.25, 0.3) is 0 Å². The van der Waals surface area contributed by atoms with E-state index in [0.717, 1.165) is 17.0 Å². The SMILES string of the molecule is CC(C)CCC(=O)NCc1coc(-c2cccs2)n1. The highest BCUT2D eigenvalue weighted by atomic mass is 32.1. The van der Waals surface area contributed by atoms with Crippen LogP contribution < -0.4 is 5.32 Å². The van der Waals surface area contributed by atoms with Crippen molar-refractivity contribution in [3.8, 4) is 10.8 Å². The van der Waals surface area contributed by atoms with E-state index >= 15 is 0 Å². The number of amides is 1. The molecule has 1 N–H and O–H groups in total. The van der Waals surface area contributed by atoms with Gasteiger partial charge in [-0.15, -0.1) is 11.3 Å². The maximum atomic E-state index is 11.6. The topological polar surface area (TPSA) is 55.1 Å². The molecule has 0 bridgehead atoms. The van der Waals surface area contributed by atoms with Crippen LogP contribution in [0.5, 0.6) is 0 Å². The van der Waals surface area contributed by atoms with Crippen molar-refractivity contribution in [1.29, 1.82) is 0 Å². The lowest BCUT2D eigenvalue weighted by Gasteiger charge is -2.04. The Bertz CT molecular complexity index is 517. The monoisotopic (exact) mass is 278 g/mol. The molecule has 0 aliphatic carbocycles. The smallest absolute Gasteiger partial charge is 0.236 e. The van der Waals surface area contributed by atoms with E-state index in [-0.39, 0.29) is 5.91 Å². The number of rotatable bonds is 6. The lowest BCUT2D eigenvalue weighted by Crippen LogP contribution is -2.22. The summed E-state index contributed by atoms with van der Waals surface area (Å²) < 4.78 is 5.39. The molecule has 0 aliphatic heterocycles. The van der Waals surface area contributed by atoms with Gasteiger partial charge in [-0.05, 0) is 23.8 Å². The summed E-state index contributed by atoms with van der Waals surface area (Å²) in [6.07, 6.45) is 3.07. The van der Waals surface area contributed by atoms with Crippen LogP contribution in [-0.2, 0) is 11.3 Å². The third kappa shape index (κ3) is 4.21. The van der Waals surface area contributed by atoms with E-state index < -0.39 is 0 Å². The minimum atomic E-state index is 0.0642. The lowest BCUT2D eigenvalue weighted by atomic mass is 10.1. The number of hydrogen-bond acceptors (Lipinski definition) is 4. The molecule has 2 rings (SSSR count). The zero-order valence-electron chi connectivity index (χ0n) is 11.2. The molecular weight excluding hydrogens is 260 g/mol. The molecule has 19 heavy (non-hydrogen) atoms. The fraction of sp³-hybridized carbons (Fsp3) is 0.429. The molecule has 0 aromatic carbocycles. The largest absolute Gasteiger partial charge is 0.443 e. The summed E-state index contributed by atoms with van der Waals surface area (Å²) in [7, 11) is 0. The molecule has 0 unspecified atom stereocenters. The standard InChI is InChI=1S/C14H18N2O2S/c1-10(2)5-6-13(17)15-8-11-9-18-14(16-11)12-4-3-7-19-12/h3-4,7,9-10H,5-6,8H2,1-2H3,(H,15,17). The molecule has 1 amide bonds. The summed E-state index contributed by atoms with van der Waals surface area (Å²) in [5.74, 6) is 1.22. The molecule has 0 saturated heterocycles. The van der Waals surface area contributed by atoms with E-state index in [2.05, 4.69) is 24.1 Å². The van der Waals surface area contributed by atoms with Crippen LogP contribution in [0.2, 0.25) is 0 Å². The van der Waals surface area contributed by atoms with Gasteiger partial charge < -0.3 is 9.73 Å². The molecule has 0 fully saturated rings. The van der Waals surface area contributed by atoms with Gasteiger partial charge in [0.05, 0.1) is 17.1 Å². The average Bonchev–Trinajstić information content (AvgIpc) is 3.03. The van der Waals surface area contributed by atoms with Crippen molar-refractivity contribution < 1.29 is 9.21 Å². The number of nitrogens with zero attached hydrogens (tertiary/aromatic N) is 1. The molecule has 5 heteroatoms. The molecule has 0 spiro atoms. The van der Waals surface area contributed by atoms with Gasteiger partial charge in [-0.3, -0.25) is 4.79 Å². The second-order valence-electron chi connectivity index (χ2n) is 4.83. The first-order valence-electron chi connectivity index (χ1n) is 6.40. The quantitative estimate of drug-likeness (QED) is 0.880. The highest BCUT2D eigenvalue weighted by molar-refractivity contribution is 7.13. The predicted octanol–water partition coefficient (Wildman–Crippen LogP) is 3.46. The Labute approximate surface area is 116 Å². The van der Waals surface area contributed by atoms with Gasteiger partial charge in [-0.2, -0.15) is 0 Å². The third-order valence-corrected chi connectivity index (χ3v) is 3.56. The summed E-state index contributed by atoms with van der Waals surface area (Å²) in [5, 5.41) is 4.83. The molecule has 0 radical (unpaired) electrons. The molecule has 102 valence electrons. The van der Waals surface area contributed by atoms with E-state index in [1.54, 1.807) is 17.6 Å². The molecule has 0 aliphatic rings. The maximum Gasteiger partial charge on any atom is 0.236 e. The Balaban J connectivity index is 1.82. The van der Waals surface area contributed by atoms with E-state index in [9.17, 15) is 4.79 Å². The number of carbonyl (C=O) groups excluding carboxylic acids is 1. The van der Waals surface area contributed by atoms with Gasteiger partial charge in [0.2, 0.25) is 11.8 Å². The van der Waals surface area contributed by atoms with Crippen molar-refractivity contribution in [2.24, 2.45) is 5.92 Å². The first-order chi connectivity index (χ1) is 9.15. The van der Waals surface area contributed by atoms with Crippen LogP contribution in [0, 0.1) is 5.92 Å². The van der Waals surface area contributed by atoms with E-state index in [1.165, 1.54) is 0 Å². The van der Waals surface area contributed by atoms with Gasteiger partial charge in [-0.1, -0.05) is 19.9 Å². The van der Waals surface area contributed by atoms with Gasteiger partial charge in [0, 0.05) is 6.42 Å². The van der Waals surface area contributed by atoms with Crippen LogP contribution in [0.1, 0.15) is 32.4 Å². The fourth-order valence-corrected chi connectivity index (χ4v) is 2.25. The molecule has 4 nitrogen and oxygen atoms in total. The average molecular weight is 278 g/mol. The van der Waals surface area contributed by atoms with Crippen LogP contribution in [0.3, 0.4) is 0 Å². The molecule has 0 atom stereocenters. The van der Waals surface area contributed by atoms with E-state index in [4.69, 9.17) is 4.42 Å². The normalized spacial score (nSPS) is 10.9. The van der Waals surface area contributed by atoms with Crippen LogP contribution in [0.15, 0.2) is 28.2 Å².